The Kier molecular flexibility index (Phi) is 7.07. The van der Waals surface area contributed by atoms with Crippen LogP contribution in [0.2, 0.25) is 0 Å². The molecule has 242 valence electrons. The fourth-order valence-corrected chi connectivity index (χ4v) is 8.88. The van der Waals surface area contributed by atoms with Gasteiger partial charge in [-0.15, -0.1) is 11.3 Å². The summed E-state index contributed by atoms with van der Waals surface area (Å²) in [5.41, 5.74) is 13.0. The van der Waals surface area contributed by atoms with Gasteiger partial charge in [-0.1, -0.05) is 115 Å². The first-order chi connectivity index (χ1) is 25.3. The quantitative estimate of drug-likeness (QED) is 0.190. The van der Waals surface area contributed by atoms with E-state index in [9.17, 15) is 0 Å². The van der Waals surface area contributed by atoms with Crippen LogP contribution < -0.4 is 10.2 Å². The number of para-hydroxylation sites is 2. The number of fused-ring (bicyclic) bond motifs is 6. The number of nitrogens with one attached hydrogen (secondary N) is 1. The van der Waals surface area contributed by atoms with Crippen molar-refractivity contribution >= 4 is 65.9 Å². The summed E-state index contributed by atoms with van der Waals surface area (Å²) in [6.07, 6.45) is 2.19. The van der Waals surface area contributed by atoms with Gasteiger partial charge in [0, 0.05) is 72.4 Å². The molecular formula is C47H33N3S. The molecule has 0 fully saturated rings. The third kappa shape index (κ3) is 5.03. The molecule has 0 radical (unpaired) electrons. The molecule has 0 unspecified atom stereocenters. The van der Waals surface area contributed by atoms with Crippen LogP contribution in [0.5, 0.6) is 0 Å². The molecule has 7 aromatic carbocycles. The van der Waals surface area contributed by atoms with Crippen molar-refractivity contribution in [3.05, 3.63) is 198 Å². The summed E-state index contributed by atoms with van der Waals surface area (Å²) < 4.78 is 3.72. The maximum atomic E-state index is 3.54. The zero-order valence-electron chi connectivity index (χ0n) is 27.8. The minimum absolute atomic E-state index is 0.865. The van der Waals surface area contributed by atoms with Gasteiger partial charge in [-0.3, -0.25) is 0 Å². The lowest BCUT2D eigenvalue weighted by Crippen LogP contribution is -2.12. The van der Waals surface area contributed by atoms with Crippen LogP contribution in [0.15, 0.2) is 182 Å². The summed E-state index contributed by atoms with van der Waals surface area (Å²) in [6, 6.07) is 63.7. The highest BCUT2D eigenvalue weighted by molar-refractivity contribution is 7.19. The van der Waals surface area contributed by atoms with Gasteiger partial charge in [-0.2, -0.15) is 0 Å². The monoisotopic (exact) mass is 671 g/mol. The minimum atomic E-state index is 0.865. The van der Waals surface area contributed by atoms with E-state index in [2.05, 4.69) is 197 Å². The van der Waals surface area contributed by atoms with Crippen molar-refractivity contribution in [1.29, 1.82) is 0 Å². The molecule has 1 aliphatic heterocycles. The highest BCUT2D eigenvalue weighted by atomic mass is 32.1. The lowest BCUT2D eigenvalue weighted by Gasteiger charge is -2.27. The van der Waals surface area contributed by atoms with E-state index in [1.165, 1.54) is 64.6 Å². The molecule has 0 saturated heterocycles. The van der Waals surface area contributed by atoms with Gasteiger partial charge in [0.1, 0.15) is 0 Å². The number of rotatable bonds is 6. The molecule has 3 nitrogen and oxygen atoms in total. The summed E-state index contributed by atoms with van der Waals surface area (Å²) in [7, 11) is 0. The molecule has 0 amide bonds. The molecule has 1 N–H and O–H groups in total. The highest BCUT2D eigenvalue weighted by Crippen LogP contribution is 2.43. The van der Waals surface area contributed by atoms with Gasteiger partial charge in [0.2, 0.25) is 0 Å². The number of anilines is 3. The molecular weight excluding hydrogens is 639 g/mol. The van der Waals surface area contributed by atoms with E-state index >= 15 is 0 Å². The van der Waals surface area contributed by atoms with Gasteiger partial charge in [0.15, 0.2) is 0 Å². The van der Waals surface area contributed by atoms with Crippen molar-refractivity contribution in [2.75, 3.05) is 4.90 Å². The summed E-state index contributed by atoms with van der Waals surface area (Å²) in [6.45, 7) is 0.865. The van der Waals surface area contributed by atoms with E-state index in [1.807, 2.05) is 11.3 Å². The second-order valence-corrected chi connectivity index (χ2v) is 14.2. The first-order valence-corrected chi connectivity index (χ1v) is 18.2. The van der Waals surface area contributed by atoms with Crippen LogP contribution in [0.1, 0.15) is 16.0 Å². The van der Waals surface area contributed by atoms with Crippen molar-refractivity contribution in [3.8, 4) is 16.8 Å². The Balaban J connectivity index is 1.14. The van der Waals surface area contributed by atoms with E-state index in [0.29, 0.717) is 0 Å². The van der Waals surface area contributed by atoms with E-state index < -0.39 is 0 Å². The molecule has 0 aliphatic carbocycles. The van der Waals surface area contributed by atoms with Crippen LogP contribution in [0.25, 0.3) is 54.3 Å². The molecule has 51 heavy (non-hydrogen) atoms. The second-order valence-electron chi connectivity index (χ2n) is 13.0. The van der Waals surface area contributed by atoms with E-state index in [4.69, 9.17) is 0 Å². The summed E-state index contributed by atoms with van der Waals surface area (Å²) >= 11 is 1.89. The molecule has 1 aliphatic rings. The SMILES string of the molecule is C1=C(c2ccc(N(c3cccc(-c4ccccc4)c3)c3ccc4c5ccccc5n(-c5ccccc5)c4c3)cc2)c2c(sc3ccccc23)CN1. The zero-order valence-corrected chi connectivity index (χ0v) is 28.6. The third-order valence-electron chi connectivity index (χ3n) is 10.0. The molecule has 0 bridgehead atoms. The molecule has 0 saturated carbocycles. The Bertz CT molecular complexity index is 2740. The summed E-state index contributed by atoms with van der Waals surface area (Å²) in [4.78, 5) is 3.78. The predicted octanol–water partition coefficient (Wildman–Crippen LogP) is 12.6. The smallest absolute Gasteiger partial charge is 0.0561 e. The Hall–Kier alpha value is -6.36. The van der Waals surface area contributed by atoms with Crippen LogP contribution in [0.4, 0.5) is 17.1 Å². The first-order valence-electron chi connectivity index (χ1n) is 17.4. The third-order valence-corrected chi connectivity index (χ3v) is 11.2. The largest absolute Gasteiger partial charge is 0.385 e. The fourth-order valence-electron chi connectivity index (χ4n) is 7.71. The maximum absolute atomic E-state index is 3.54. The average Bonchev–Trinajstić information content (AvgIpc) is 3.75. The molecule has 4 heteroatoms. The van der Waals surface area contributed by atoms with E-state index in [1.54, 1.807) is 0 Å². The van der Waals surface area contributed by atoms with Gasteiger partial charge < -0.3 is 14.8 Å². The van der Waals surface area contributed by atoms with Crippen LogP contribution in [-0.2, 0) is 6.54 Å². The predicted molar refractivity (Wildman–Crippen MR) is 217 cm³/mol. The van der Waals surface area contributed by atoms with Crippen molar-refractivity contribution in [3.63, 3.8) is 0 Å². The Morgan fingerprint density at radius 2 is 1.16 bits per heavy atom. The van der Waals surface area contributed by atoms with E-state index in [0.717, 1.165) is 29.3 Å². The number of aromatic nitrogens is 1. The van der Waals surface area contributed by atoms with Gasteiger partial charge >= 0.3 is 0 Å². The van der Waals surface area contributed by atoms with Crippen molar-refractivity contribution in [2.45, 2.75) is 6.54 Å². The topological polar surface area (TPSA) is 20.2 Å². The molecule has 0 atom stereocenters. The summed E-state index contributed by atoms with van der Waals surface area (Å²) in [5, 5.41) is 7.36. The first kappa shape index (κ1) is 29.5. The van der Waals surface area contributed by atoms with Crippen LogP contribution in [0, 0.1) is 0 Å². The zero-order chi connectivity index (χ0) is 33.7. The molecule has 9 aromatic rings. The number of nitrogens with zero attached hydrogens (tertiary/aromatic N) is 2. The lowest BCUT2D eigenvalue weighted by molar-refractivity contribution is 0.872. The van der Waals surface area contributed by atoms with Crippen LogP contribution in [0.3, 0.4) is 0 Å². The number of benzene rings is 7. The number of hydrogen-bond donors (Lipinski definition) is 1. The molecule has 2 aromatic heterocycles. The number of hydrogen-bond acceptors (Lipinski definition) is 3. The fraction of sp³-hybridized carbons (Fsp3) is 0.0213. The molecule has 10 rings (SSSR count). The van der Waals surface area contributed by atoms with Crippen molar-refractivity contribution in [1.82, 2.24) is 9.88 Å². The molecule has 3 heterocycles. The standard InChI is InChI=1S/C47H33N3S/c1-3-12-32(13-4-1)34-14-11-17-37(28-34)49(36-24-22-33(23-25-36)42-30-48-31-46-47(42)41-19-8-10-21-45(41)51-46)38-26-27-40-39-18-7-9-20-43(39)50(44(40)29-38)35-15-5-2-6-16-35/h1-30,48H,31H2. The average molecular weight is 672 g/mol. The van der Waals surface area contributed by atoms with Crippen molar-refractivity contribution < 1.29 is 0 Å². The Morgan fingerprint density at radius 1 is 0.490 bits per heavy atom. The van der Waals surface area contributed by atoms with E-state index in [-0.39, 0.29) is 0 Å². The number of thiophene rings is 1. The van der Waals surface area contributed by atoms with Gasteiger partial charge in [-0.05, 0) is 77.4 Å². The summed E-state index contributed by atoms with van der Waals surface area (Å²) in [5.74, 6) is 0. The molecule has 0 spiro atoms. The Morgan fingerprint density at radius 3 is 2.00 bits per heavy atom. The second kappa shape index (κ2) is 12.2. The van der Waals surface area contributed by atoms with Crippen molar-refractivity contribution in [2.24, 2.45) is 0 Å². The highest BCUT2D eigenvalue weighted by Gasteiger charge is 2.22. The van der Waals surface area contributed by atoms with Gasteiger partial charge in [0.05, 0.1) is 11.0 Å². The minimum Gasteiger partial charge on any atom is -0.385 e. The van der Waals surface area contributed by atoms with Gasteiger partial charge in [0.25, 0.3) is 0 Å². The van der Waals surface area contributed by atoms with Crippen LogP contribution >= 0.6 is 11.3 Å². The normalized spacial score (nSPS) is 12.5. The Labute approximate surface area is 301 Å². The van der Waals surface area contributed by atoms with Crippen LogP contribution in [-0.4, -0.2) is 4.57 Å². The lowest BCUT2D eigenvalue weighted by atomic mass is 9.94. The maximum Gasteiger partial charge on any atom is 0.0561 e. The van der Waals surface area contributed by atoms with Gasteiger partial charge in [-0.25, -0.2) is 0 Å².